The van der Waals surface area contributed by atoms with Gasteiger partial charge in [0.05, 0.1) is 47.6 Å². The van der Waals surface area contributed by atoms with Crippen LogP contribution in [0.1, 0.15) is 52.7 Å². The van der Waals surface area contributed by atoms with E-state index in [2.05, 4.69) is 38.6 Å². The predicted molar refractivity (Wildman–Crippen MR) is 232 cm³/mol. The Balaban J connectivity index is 1.01. The Morgan fingerprint density at radius 1 is 0.767 bits per heavy atom. The molecule has 11 heteroatoms. The molecule has 0 bridgehead atoms. The summed E-state index contributed by atoms with van der Waals surface area (Å²) in [5.74, 6) is -0.441. The van der Waals surface area contributed by atoms with Crippen LogP contribution in [0.5, 0.6) is 0 Å². The number of carbonyl (C=O) groups is 1. The number of aryl methyl sites for hydroxylation is 1. The number of nitrogens with zero attached hydrogens (tertiary/aromatic N) is 2. The number of aliphatic hydroxyl groups excluding tert-OH is 1. The van der Waals surface area contributed by atoms with Gasteiger partial charge in [-0.1, -0.05) is 128 Å². The molecule has 0 aliphatic carbocycles. The summed E-state index contributed by atoms with van der Waals surface area (Å²) in [6.45, 7) is 4.78. The average molecular weight is 821 g/mol. The summed E-state index contributed by atoms with van der Waals surface area (Å²) in [7, 11) is -3.98. The Morgan fingerprint density at radius 3 is 2.23 bits per heavy atom. The first-order chi connectivity index (χ1) is 29.1. The molecule has 1 amide bonds. The predicted octanol–water partition coefficient (Wildman–Crippen LogP) is 8.20. The molecule has 2 heterocycles. The molecule has 3 N–H and O–H groups in total. The van der Waals surface area contributed by atoms with Crippen LogP contribution in [0, 0.1) is 12.8 Å². The number of ether oxygens (including phenoxy) is 2. The van der Waals surface area contributed by atoms with Gasteiger partial charge in [0.25, 0.3) is 0 Å². The second-order valence-corrected chi connectivity index (χ2v) is 17.1. The molecule has 5 atom stereocenters. The second kappa shape index (κ2) is 18.1. The third kappa shape index (κ3) is 9.41. The molecule has 8 rings (SSSR count). The molecule has 1 fully saturated rings. The third-order valence-corrected chi connectivity index (χ3v) is 12.6. The van der Waals surface area contributed by atoms with Crippen molar-refractivity contribution in [1.82, 2.24) is 19.6 Å². The Morgan fingerprint density at radius 2 is 1.47 bits per heavy atom. The van der Waals surface area contributed by atoms with E-state index in [0.717, 1.165) is 55.5 Å². The van der Waals surface area contributed by atoms with E-state index in [1.807, 2.05) is 129 Å². The van der Waals surface area contributed by atoms with Crippen LogP contribution in [0.3, 0.4) is 0 Å². The van der Waals surface area contributed by atoms with E-state index in [4.69, 9.17) is 9.47 Å². The minimum Gasteiger partial charge on any atom is -0.392 e. The van der Waals surface area contributed by atoms with Crippen molar-refractivity contribution in [3.05, 3.63) is 191 Å². The lowest BCUT2D eigenvalue weighted by atomic mass is 9.90. The van der Waals surface area contributed by atoms with Crippen molar-refractivity contribution in [3.63, 3.8) is 0 Å². The summed E-state index contributed by atoms with van der Waals surface area (Å²) < 4.78 is 45.2. The lowest BCUT2D eigenvalue weighted by molar-refractivity contribution is -0.276. The van der Waals surface area contributed by atoms with E-state index >= 15 is 0 Å². The number of benzene rings is 6. The number of nitrogens with one attached hydrogen (secondary N) is 2. The smallest absolute Gasteiger partial charge is 0.241 e. The fourth-order valence-corrected chi connectivity index (χ4v) is 8.92. The number of para-hydroxylation sites is 2. The maximum Gasteiger partial charge on any atom is 0.241 e. The first-order valence-electron chi connectivity index (χ1n) is 20.1. The molecule has 6 aromatic carbocycles. The van der Waals surface area contributed by atoms with Crippen LogP contribution in [0.15, 0.2) is 163 Å². The topological polar surface area (TPSA) is 132 Å². The van der Waals surface area contributed by atoms with Crippen LogP contribution in [-0.4, -0.2) is 41.1 Å². The van der Waals surface area contributed by atoms with Crippen LogP contribution in [0.4, 0.5) is 0 Å². The Hall–Kier alpha value is -5.95. The molecule has 0 radical (unpaired) electrons. The zero-order chi connectivity index (χ0) is 41.6. The summed E-state index contributed by atoms with van der Waals surface area (Å²) in [5, 5.41) is 12.7. The Kier molecular flexibility index (Phi) is 12.3. The minimum absolute atomic E-state index is 0.0114. The van der Waals surface area contributed by atoms with Crippen molar-refractivity contribution in [2.75, 3.05) is 0 Å². The van der Waals surface area contributed by atoms with Gasteiger partial charge in [-0.2, -0.15) is 4.72 Å². The van der Waals surface area contributed by atoms with Crippen molar-refractivity contribution in [3.8, 4) is 11.1 Å². The maximum absolute atomic E-state index is 13.8. The lowest BCUT2D eigenvalue weighted by Gasteiger charge is -2.41. The van der Waals surface area contributed by atoms with E-state index in [1.165, 1.54) is 0 Å². The van der Waals surface area contributed by atoms with Crippen molar-refractivity contribution in [2.45, 2.75) is 69.4 Å². The molecule has 10 nitrogen and oxygen atoms in total. The van der Waals surface area contributed by atoms with E-state index in [-0.39, 0.29) is 42.6 Å². The number of aromatic nitrogens is 2. The maximum atomic E-state index is 13.8. The lowest BCUT2D eigenvalue weighted by Crippen LogP contribution is -2.47. The van der Waals surface area contributed by atoms with Gasteiger partial charge in [0.15, 0.2) is 6.29 Å². The van der Waals surface area contributed by atoms with Gasteiger partial charge in [-0.3, -0.25) is 4.79 Å². The monoisotopic (exact) mass is 820 g/mol. The number of hydrogen-bond acceptors (Lipinski definition) is 7. The minimum atomic E-state index is -3.98. The Labute approximate surface area is 350 Å². The summed E-state index contributed by atoms with van der Waals surface area (Å²) in [6.07, 6.45) is 0.879. The highest BCUT2D eigenvalue weighted by molar-refractivity contribution is 7.89. The SMILES string of the molecule is Cc1ccc(S(=O)(=O)N[C@H](Cc2ccccc2)C(=O)NCc2cccc(-c3cccc([C@H]4O[C@@H](Cn5cnc6ccccc65)[C@@H](C)[C@@H](c5ccc(CO)cc5)O4)c3)c2)cc1. The zero-order valence-corrected chi connectivity index (χ0v) is 34.3. The summed E-state index contributed by atoms with van der Waals surface area (Å²) in [5.41, 5.74) is 9.16. The number of imidazole rings is 1. The molecular formula is C49H48N4O6S. The van der Waals surface area contributed by atoms with Crippen LogP contribution in [0.25, 0.3) is 22.2 Å². The molecular weight excluding hydrogens is 773 g/mol. The van der Waals surface area contributed by atoms with Gasteiger partial charge in [-0.15, -0.1) is 0 Å². The summed E-state index contributed by atoms with van der Waals surface area (Å²) in [6, 6.07) is 46.8. The molecule has 1 saturated heterocycles. The van der Waals surface area contributed by atoms with Crippen molar-refractivity contribution in [2.24, 2.45) is 5.92 Å². The average Bonchev–Trinajstić information content (AvgIpc) is 3.69. The number of rotatable bonds is 14. The second-order valence-electron chi connectivity index (χ2n) is 15.4. The van der Waals surface area contributed by atoms with Crippen molar-refractivity contribution in [1.29, 1.82) is 0 Å². The number of hydrogen-bond donors (Lipinski definition) is 3. The van der Waals surface area contributed by atoms with Crippen LogP contribution in [-0.2, 0) is 50.4 Å². The summed E-state index contributed by atoms with van der Waals surface area (Å²) >= 11 is 0. The van der Waals surface area contributed by atoms with E-state index in [0.29, 0.717) is 6.54 Å². The number of sulfonamides is 1. The number of carbonyl (C=O) groups excluding carboxylic acids is 1. The van der Waals surface area contributed by atoms with Crippen molar-refractivity contribution < 1.29 is 27.8 Å². The number of fused-ring (bicyclic) bond motifs is 1. The molecule has 60 heavy (non-hydrogen) atoms. The van der Waals surface area contributed by atoms with Gasteiger partial charge in [0, 0.05) is 18.0 Å². The van der Waals surface area contributed by atoms with E-state index in [1.54, 1.807) is 24.3 Å². The highest BCUT2D eigenvalue weighted by atomic mass is 32.2. The normalized spacial score (nSPS) is 18.6. The zero-order valence-electron chi connectivity index (χ0n) is 33.5. The number of amides is 1. The summed E-state index contributed by atoms with van der Waals surface area (Å²) in [4.78, 5) is 18.5. The largest absolute Gasteiger partial charge is 0.392 e. The highest BCUT2D eigenvalue weighted by Gasteiger charge is 2.39. The molecule has 0 saturated carbocycles. The molecule has 0 unspecified atom stereocenters. The van der Waals surface area contributed by atoms with E-state index in [9.17, 15) is 18.3 Å². The van der Waals surface area contributed by atoms with E-state index < -0.39 is 28.3 Å². The van der Waals surface area contributed by atoms with Gasteiger partial charge >= 0.3 is 0 Å². The van der Waals surface area contributed by atoms with Crippen LogP contribution >= 0.6 is 0 Å². The van der Waals surface area contributed by atoms with Gasteiger partial charge < -0.3 is 24.5 Å². The molecule has 1 aromatic heterocycles. The van der Waals surface area contributed by atoms with Gasteiger partial charge in [0.2, 0.25) is 15.9 Å². The molecule has 0 spiro atoms. The van der Waals surface area contributed by atoms with Gasteiger partial charge in [-0.25, -0.2) is 13.4 Å². The van der Waals surface area contributed by atoms with Crippen LogP contribution in [0.2, 0.25) is 0 Å². The third-order valence-electron chi connectivity index (χ3n) is 11.1. The molecule has 7 aromatic rings. The standard InChI is InChI=1S/C49H48N4O6S/c1-33-18-24-42(25-19-33)60(56,57)52-44(27-35-10-4-3-5-11-35)48(55)50-29-37-12-8-13-39(26-37)40-14-9-15-41(28-40)49-58-46(30-53-32-51-43-16-6-7-17-45(43)53)34(2)47(59-49)38-22-20-36(31-54)21-23-38/h3-26,28,32,34,44,46-47,49,52,54H,27,29-31H2,1-2H3,(H,50,55)/t34-,44-,46+,47+,49+/m1/s1. The first-order valence-corrected chi connectivity index (χ1v) is 21.6. The Bertz CT molecular complexity index is 2670. The highest BCUT2D eigenvalue weighted by Crippen LogP contribution is 2.43. The quantitative estimate of drug-likeness (QED) is 0.101. The number of aliphatic hydroxyl groups is 1. The van der Waals surface area contributed by atoms with Gasteiger partial charge in [-0.05, 0) is 83.1 Å². The van der Waals surface area contributed by atoms with Gasteiger partial charge in [0.1, 0.15) is 6.04 Å². The molecule has 1 aliphatic heterocycles. The molecule has 306 valence electrons. The van der Waals surface area contributed by atoms with Crippen LogP contribution < -0.4 is 10.0 Å². The van der Waals surface area contributed by atoms with Crippen molar-refractivity contribution >= 4 is 27.0 Å². The first kappa shape index (κ1) is 40.8. The fraction of sp³-hybridized carbons (Fsp3) is 0.224. The fourth-order valence-electron chi connectivity index (χ4n) is 7.73. The molecule has 1 aliphatic rings.